The summed E-state index contributed by atoms with van der Waals surface area (Å²) in [6.07, 6.45) is 6.61. The second-order valence-corrected chi connectivity index (χ2v) is 6.10. The summed E-state index contributed by atoms with van der Waals surface area (Å²) in [5.74, 6) is 0. The normalized spacial score (nSPS) is 11.6. The lowest BCUT2D eigenvalue weighted by Gasteiger charge is -2.23. The van der Waals surface area contributed by atoms with Crippen molar-refractivity contribution >= 4 is 6.03 Å². The van der Waals surface area contributed by atoms with E-state index in [1.165, 1.54) is 5.56 Å². The van der Waals surface area contributed by atoms with Crippen LogP contribution in [0.15, 0.2) is 67.3 Å². The second-order valence-electron chi connectivity index (χ2n) is 6.10. The number of hydrogen-bond donors (Lipinski definition) is 1. The zero-order valence-corrected chi connectivity index (χ0v) is 14.8. The van der Waals surface area contributed by atoms with E-state index >= 15 is 0 Å². The molecule has 1 atom stereocenters. The minimum Gasteiger partial charge on any atom is -0.325 e. The highest BCUT2D eigenvalue weighted by Gasteiger charge is 2.20. The lowest BCUT2D eigenvalue weighted by atomic mass is 10.0. The fourth-order valence-corrected chi connectivity index (χ4v) is 2.59. The zero-order valence-electron chi connectivity index (χ0n) is 14.8. The molecule has 6 nitrogen and oxygen atoms in total. The van der Waals surface area contributed by atoms with E-state index in [4.69, 9.17) is 0 Å². The molecule has 3 aromatic rings. The highest BCUT2D eigenvalue weighted by Crippen LogP contribution is 2.21. The minimum absolute atomic E-state index is 0.202. The van der Waals surface area contributed by atoms with E-state index in [9.17, 15) is 4.79 Å². The Hall–Kier alpha value is -3.28. The van der Waals surface area contributed by atoms with Crippen molar-refractivity contribution < 1.29 is 4.79 Å². The number of carbonyl (C=O) groups excluding carboxylic acids is 1. The number of aromatic nitrogens is 3. The van der Waals surface area contributed by atoms with Crippen molar-refractivity contribution in [3.05, 3.63) is 89.8 Å². The lowest BCUT2D eigenvalue weighted by molar-refractivity contribution is 0.203. The third-order valence-electron chi connectivity index (χ3n) is 4.02. The van der Waals surface area contributed by atoms with Crippen LogP contribution in [-0.4, -0.2) is 32.9 Å². The number of aryl methyl sites for hydroxylation is 1. The predicted octanol–water partition coefficient (Wildman–Crippen LogP) is 3.11. The van der Waals surface area contributed by atoms with Gasteiger partial charge in [0.05, 0.1) is 30.2 Å². The molecule has 26 heavy (non-hydrogen) atoms. The van der Waals surface area contributed by atoms with E-state index in [0.29, 0.717) is 6.54 Å². The molecule has 6 heteroatoms. The van der Waals surface area contributed by atoms with Crippen molar-refractivity contribution in [2.24, 2.45) is 0 Å². The molecule has 0 saturated carbocycles. The minimum atomic E-state index is -0.325. The summed E-state index contributed by atoms with van der Waals surface area (Å²) >= 11 is 0. The summed E-state index contributed by atoms with van der Waals surface area (Å²) in [6, 6.07) is 13.2. The fraction of sp³-hybridized carbons (Fsp3) is 0.200. The summed E-state index contributed by atoms with van der Waals surface area (Å²) in [4.78, 5) is 26.9. The van der Waals surface area contributed by atoms with Crippen LogP contribution in [0.25, 0.3) is 0 Å². The Morgan fingerprint density at radius 3 is 2.54 bits per heavy atom. The number of nitrogens with zero attached hydrogens (tertiary/aromatic N) is 4. The Morgan fingerprint density at radius 1 is 1.08 bits per heavy atom. The van der Waals surface area contributed by atoms with Crippen molar-refractivity contribution in [1.82, 2.24) is 25.2 Å². The molecule has 0 aliphatic heterocycles. The molecule has 0 bridgehead atoms. The van der Waals surface area contributed by atoms with E-state index < -0.39 is 0 Å². The van der Waals surface area contributed by atoms with Crippen molar-refractivity contribution in [2.45, 2.75) is 19.5 Å². The van der Waals surface area contributed by atoms with Gasteiger partial charge < -0.3 is 10.2 Å². The summed E-state index contributed by atoms with van der Waals surface area (Å²) in [5.41, 5.74) is 3.67. The number of amides is 2. The Kier molecular flexibility index (Phi) is 5.53. The molecule has 2 heterocycles. The standard InChI is InChI=1S/C20H21N5O/c1-15-6-8-16(9-7-15)19(18-5-3-4-10-23-18)24-20(26)25(2)14-17-13-21-11-12-22-17/h3-13,19H,14H2,1-2H3,(H,24,26). The Labute approximate surface area is 153 Å². The number of benzene rings is 1. The van der Waals surface area contributed by atoms with Crippen LogP contribution in [0.4, 0.5) is 4.79 Å². The van der Waals surface area contributed by atoms with E-state index in [2.05, 4.69) is 20.3 Å². The Morgan fingerprint density at radius 2 is 1.88 bits per heavy atom. The van der Waals surface area contributed by atoms with Gasteiger partial charge in [0.1, 0.15) is 0 Å². The smallest absolute Gasteiger partial charge is 0.318 e. The third-order valence-corrected chi connectivity index (χ3v) is 4.02. The van der Waals surface area contributed by atoms with Crippen LogP contribution >= 0.6 is 0 Å². The van der Waals surface area contributed by atoms with Crippen LogP contribution in [0.1, 0.15) is 28.6 Å². The van der Waals surface area contributed by atoms with Gasteiger partial charge in [0, 0.05) is 25.6 Å². The van der Waals surface area contributed by atoms with Gasteiger partial charge in [0.15, 0.2) is 0 Å². The molecule has 3 rings (SSSR count). The number of rotatable bonds is 5. The molecule has 132 valence electrons. The maximum Gasteiger partial charge on any atom is 0.318 e. The molecule has 0 spiro atoms. The molecule has 0 aliphatic rings. The molecular formula is C20H21N5O. The van der Waals surface area contributed by atoms with E-state index in [1.807, 2.05) is 49.4 Å². The maximum absolute atomic E-state index is 12.7. The van der Waals surface area contributed by atoms with Gasteiger partial charge in [-0.15, -0.1) is 0 Å². The molecule has 1 N–H and O–H groups in total. The molecule has 0 saturated heterocycles. The highest BCUT2D eigenvalue weighted by molar-refractivity contribution is 5.74. The van der Waals surface area contributed by atoms with Gasteiger partial charge in [0.2, 0.25) is 0 Å². The van der Waals surface area contributed by atoms with Crippen LogP contribution in [0.3, 0.4) is 0 Å². The summed E-state index contributed by atoms with van der Waals surface area (Å²) in [5, 5.41) is 3.07. The quantitative estimate of drug-likeness (QED) is 0.770. The molecular weight excluding hydrogens is 326 g/mol. The zero-order chi connectivity index (χ0) is 18.4. The van der Waals surface area contributed by atoms with Gasteiger partial charge in [-0.25, -0.2) is 4.79 Å². The number of pyridine rings is 1. The Balaban J connectivity index is 1.79. The summed E-state index contributed by atoms with van der Waals surface area (Å²) in [7, 11) is 1.73. The topological polar surface area (TPSA) is 71.0 Å². The predicted molar refractivity (Wildman–Crippen MR) is 99.3 cm³/mol. The molecule has 0 radical (unpaired) electrons. The first-order valence-corrected chi connectivity index (χ1v) is 8.37. The second kappa shape index (κ2) is 8.20. The van der Waals surface area contributed by atoms with Gasteiger partial charge in [-0.1, -0.05) is 35.9 Å². The van der Waals surface area contributed by atoms with Crippen molar-refractivity contribution in [2.75, 3.05) is 7.05 Å². The Bertz CT molecular complexity index is 837. The lowest BCUT2D eigenvalue weighted by Crippen LogP contribution is -2.39. The first-order valence-electron chi connectivity index (χ1n) is 8.37. The average Bonchev–Trinajstić information content (AvgIpc) is 2.68. The van der Waals surface area contributed by atoms with Crippen LogP contribution in [0, 0.1) is 6.92 Å². The van der Waals surface area contributed by atoms with Gasteiger partial charge in [-0.2, -0.15) is 0 Å². The van der Waals surface area contributed by atoms with Gasteiger partial charge >= 0.3 is 6.03 Å². The number of nitrogens with one attached hydrogen (secondary N) is 1. The van der Waals surface area contributed by atoms with Crippen LogP contribution in [0.5, 0.6) is 0 Å². The largest absolute Gasteiger partial charge is 0.325 e. The first-order chi connectivity index (χ1) is 12.6. The van der Waals surface area contributed by atoms with Crippen LogP contribution in [-0.2, 0) is 6.54 Å². The van der Waals surface area contributed by atoms with E-state index in [-0.39, 0.29) is 12.1 Å². The number of carbonyl (C=O) groups is 1. The van der Waals surface area contributed by atoms with E-state index in [0.717, 1.165) is 17.0 Å². The van der Waals surface area contributed by atoms with Gasteiger partial charge in [0.25, 0.3) is 0 Å². The molecule has 0 fully saturated rings. The SMILES string of the molecule is Cc1ccc(C(NC(=O)N(C)Cc2cnccn2)c2ccccn2)cc1. The third kappa shape index (κ3) is 4.42. The van der Waals surface area contributed by atoms with Crippen molar-refractivity contribution in [1.29, 1.82) is 0 Å². The molecule has 1 unspecified atom stereocenters. The summed E-state index contributed by atoms with van der Waals surface area (Å²) < 4.78 is 0. The number of hydrogen-bond acceptors (Lipinski definition) is 4. The summed E-state index contributed by atoms with van der Waals surface area (Å²) in [6.45, 7) is 2.41. The molecule has 2 aromatic heterocycles. The monoisotopic (exact) mass is 347 g/mol. The van der Waals surface area contributed by atoms with E-state index in [1.54, 1.807) is 36.7 Å². The molecule has 1 aromatic carbocycles. The van der Waals surface area contributed by atoms with Crippen LogP contribution < -0.4 is 5.32 Å². The van der Waals surface area contributed by atoms with Crippen molar-refractivity contribution in [3.8, 4) is 0 Å². The number of urea groups is 1. The highest BCUT2D eigenvalue weighted by atomic mass is 16.2. The van der Waals surface area contributed by atoms with Gasteiger partial charge in [-0.05, 0) is 24.6 Å². The van der Waals surface area contributed by atoms with Crippen LogP contribution in [0.2, 0.25) is 0 Å². The van der Waals surface area contributed by atoms with Crippen molar-refractivity contribution in [3.63, 3.8) is 0 Å². The first kappa shape index (κ1) is 17.5. The molecule has 2 amide bonds. The fourth-order valence-electron chi connectivity index (χ4n) is 2.59. The van der Waals surface area contributed by atoms with Gasteiger partial charge in [-0.3, -0.25) is 15.0 Å². The average molecular weight is 347 g/mol. The maximum atomic E-state index is 12.7. The molecule has 0 aliphatic carbocycles.